The van der Waals surface area contributed by atoms with Gasteiger partial charge >= 0.3 is 0 Å². The van der Waals surface area contributed by atoms with E-state index in [1.165, 1.54) is 49.4 Å². The highest BCUT2D eigenvalue weighted by molar-refractivity contribution is 5.82. The van der Waals surface area contributed by atoms with E-state index in [9.17, 15) is 15.3 Å². The van der Waals surface area contributed by atoms with E-state index in [0.717, 1.165) is 25.7 Å². The number of nitrogen functional groups attached to an aromatic ring is 1. The lowest BCUT2D eigenvalue weighted by atomic mass is 9.98. The van der Waals surface area contributed by atoms with Crippen molar-refractivity contribution >= 4 is 17.0 Å². The zero-order chi connectivity index (χ0) is 25.5. The minimum absolute atomic E-state index is 0.0359. The van der Waals surface area contributed by atoms with E-state index in [4.69, 9.17) is 20.3 Å². The zero-order valence-corrected chi connectivity index (χ0v) is 20.5. The van der Waals surface area contributed by atoms with Crippen LogP contribution in [-0.4, -0.2) is 83.7 Å². The van der Waals surface area contributed by atoms with E-state index in [1.807, 2.05) is 0 Å². The van der Waals surface area contributed by atoms with Gasteiger partial charge in [-0.15, -0.1) is 0 Å². The van der Waals surface area contributed by atoms with Gasteiger partial charge < -0.3 is 35.6 Å². The number of nitrogens with zero attached hydrogens (tertiary/aromatic N) is 4. The Hall–Kier alpha value is -2.33. The fraction of sp³-hybridized carbons (Fsp3) is 0.720. The molecular weight excluding hydrogens is 466 g/mol. The lowest BCUT2D eigenvalue weighted by molar-refractivity contribution is -0.0511. The number of imidazole rings is 1. The smallest absolute Gasteiger partial charge is 0.209 e. The topological polar surface area (TPSA) is 169 Å². The predicted octanol–water partition coefficient (Wildman–Crippen LogP) is 1.03. The molecule has 1 saturated heterocycles. The van der Waals surface area contributed by atoms with Crippen molar-refractivity contribution in [1.29, 1.82) is 0 Å². The van der Waals surface area contributed by atoms with Gasteiger partial charge in [0.15, 0.2) is 17.7 Å². The SMILES string of the molecule is Nc1nc(C#CCOC2CCCCC2)nc2c1ncn2[C@@H]1O[C@H](CO)[C@@H](O)[C@H]1O.OC1CCCCC1. The van der Waals surface area contributed by atoms with Gasteiger partial charge in [-0.1, -0.05) is 44.4 Å². The molecule has 1 aliphatic heterocycles. The molecule has 11 nitrogen and oxygen atoms in total. The average Bonchev–Trinajstić information content (AvgIpc) is 3.44. The van der Waals surface area contributed by atoms with Gasteiger partial charge in [0.1, 0.15) is 30.4 Å². The molecule has 2 aromatic rings. The molecule has 2 saturated carbocycles. The summed E-state index contributed by atoms with van der Waals surface area (Å²) in [5.74, 6) is 6.13. The lowest BCUT2D eigenvalue weighted by Crippen LogP contribution is -2.33. The number of rotatable bonds is 4. The molecule has 0 spiro atoms. The third-order valence-electron chi connectivity index (χ3n) is 6.96. The highest BCUT2D eigenvalue weighted by atomic mass is 16.6. The van der Waals surface area contributed by atoms with Crippen LogP contribution in [0.4, 0.5) is 5.82 Å². The fourth-order valence-electron chi connectivity index (χ4n) is 4.88. The van der Waals surface area contributed by atoms with Crippen molar-refractivity contribution in [1.82, 2.24) is 19.5 Å². The Morgan fingerprint density at radius 2 is 1.69 bits per heavy atom. The average molecular weight is 504 g/mol. The largest absolute Gasteiger partial charge is 0.394 e. The van der Waals surface area contributed by atoms with Crippen LogP contribution < -0.4 is 5.73 Å². The van der Waals surface area contributed by atoms with Crippen LogP contribution in [0, 0.1) is 11.8 Å². The van der Waals surface area contributed by atoms with Crippen LogP contribution in [0.3, 0.4) is 0 Å². The number of anilines is 1. The van der Waals surface area contributed by atoms with E-state index < -0.39 is 31.1 Å². The standard InChI is InChI=1S/C19H25N5O5.C6H12O/c20-17-14-18(24(10-21-14)19-16(27)15(26)12(9-25)29-19)23-13(22-17)7-4-8-28-11-5-2-1-3-6-11;7-6-4-2-1-3-5-6/h10-12,15-16,19,25-27H,1-3,5-6,8-9H2,(H2,20,22,23);6-7H,1-5H2/t12-,15-,16-,19-;/m1./s1. The van der Waals surface area contributed by atoms with Crippen LogP contribution in [0.2, 0.25) is 0 Å². The lowest BCUT2D eigenvalue weighted by Gasteiger charge is -2.20. The highest BCUT2D eigenvalue weighted by Gasteiger charge is 2.44. The molecule has 0 bridgehead atoms. The van der Waals surface area contributed by atoms with Crippen LogP contribution >= 0.6 is 0 Å². The molecule has 0 unspecified atom stereocenters. The van der Waals surface area contributed by atoms with Crippen molar-refractivity contribution in [2.24, 2.45) is 0 Å². The first-order valence-corrected chi connectivity index (χ1v) is 12.9. The minimum atomic E-state index is -1.25. The quantitative estimate of drug-likeness (QED) is 0.380. The Morgan fingerprint density at radius 1 is 1.00 bits per heavy atom. The first-order chi connectivity index (χ1) is 17.5. The number of nitrogens with two attached hydrogens (primary N) is 1. The first-order valence-electron chi connectivity index (χ1n) is 12.9. The maximum atomic E-state index is 10.3. The van der Waals surface area contributed by atoms with Crippen LogP contribution in [-0.2, 0) is 9.47 Å². The summed E-state index contributed by atoms with van der Waals surface area (Å²) in [4.78, 5) is 12.7. The molecule has 5 rings (SSSR count). The summed E-state index contributed by atoms with van der Waals surface area (Å²) in [6, 6.07) is 0. The molecule has 198 valence electrons. The molecule has 3 heterocycles. The second-order valence-corrected chi connectivity index (χ2v) is 9.65. The first kappa shape index (κ1) is 26.7. The van der Waals surface area contributed by atoms with Crippen LogP contribution in [0.1, 0.15) is 76.3 Å². The molecule has 0 amide bonds. The maximum Gasteiger partial charge on any atom is 0.209 e. The van der Waals surface area contributed by atoms with E-state index in [-0.39, 0.29) is 23.9 Å². The molecule has 11 heteroatoms. The number of fused-ring (bicyclic) bond motifs is 1. The van der Waals surface area contributed by atoms with Crippen molar-refractivity contribution in [3.8, 4) is 11.8 Å². The molecule has 6 N–H and O–H groups in total. The molecule has 0 aromatic carbocycles. The Balaban J connectivity index is 0.000000375. The third-order valence-corrected chi connectivity index (χ3v) is 6.96. The highest BCUT2D eigenvalue weighted by Crippen LogP contribution is 2.32. The third kappa shape index (κ3) is 6.51. The molecule has 3 aliphatic rings. The maximum absolute atomic E-state index is 10.3. The molecular formula is C25H37N5O6. The summed E-state index contributed by atoms with van der Waals surface area (Å²) < 4.78 is 12.8. The summed E-state index contributed by atoms with van der Waals surface area (Å²) in [5.41, 5.74) is 6.65. The van der Waals surface area contributed by atoms with E-state index >= 15 is 0 Å². The van der Waals surface area contributed by atoms with Crippen LogP contribution in [0.5, 0.6) is 0 Å². The van der Waals surface area contributed by atoms with Gasteiger partial charge in [-0.25, -0.2) is 15.0 Å². The minimum Gasteiger partial charge on any atom is -0.394 e. The van der Waals surface area contributed by atoms with E-state index in [1.54, 1.807) is 0 Å². The zero-order valence-electron chi connectivity index (χ0n) is 20.5. The van der Waals surface area contributed by atoms with Crippen molar-refractivity contribution in [3.63, 3.8) is 0 Å². The molecule has 36 heavy (non-hydrogen) atoms. The predicted molar refractivity (Wildman–Crippen MR) is 132 cm³/mol. The summed E-state index contributed by atoms with van der Waals surface area (Å²) in [6.45, 7) is -0.129. The van der Waals surface area contributed by atoms with Gasteiger partial charge in [0, 0.05) is 0 Å². The summed E-state index contributed by atoms with van der Waals surface area (Å²) in [7, 11) is 0. The van der Waals surface area contributed by atoms with Crippen LogP contribution in [0.15, 0.2) is 6.33 Å². The summed E-state index contributed by atoms with van der Waals surface area (Å²) in [6.07, 6.45) is 9.05. The molecule has 2 aromatic heterocycles. The van der Waals surface area contributed by atoms with Crippen molar-refractivity contribution in [2.45, 2.75) is 101 Å². The Labute approximate surface area is 210 Å². The van der Waals surface area contributed by atoms with Gasteiger partial charge in [-0.2, -0.15) is 0 Å². The molecule has 4 atom stereocenters. The Morgan fingerprint density at radius 3 is 2.31 bits per heavy atom. The number of aliphatic hydroxyl groups is 4. The fourth-order valence-corrected chi connectivity index (χ4v) is 4.88. The molecule has 2 aliphatic carbocycles. The number of aromatic nitrogens is 4. The van der Waals surface area contributed by atoms with Crippen LogP contribution in [0.25, 0.3) is 11.2 Å². The Bertz CT molecular complexity index is 1040. The molecule has 3 fully saturated rings. The van der Waals surface area contributed by atoms with E-state index in [0.29, 0.717) is 17.8 Å². The monoisotopic (exact) mass is 503 g/mol. The normalized spacial score (nSPS) is 27.3. The summed E-state index contributed by atoms with van der Waals surface area (Å²) in [5, 5.41) is 38.5. The van der Waals surface area contributed by atoms with Crippen molar-refractivity contribution < 1.29 is 29.9 Å². The Kier molecular flexibility index (Phi) is 9.47. The molecule has 0 radical (unpaired) electrons. The van der Waals surface area contributed by atoms with Gasteiger partial charge in [-0.05, 0) is 31.6 Å². The van der Waals surface area contributed by atoms with Crippen molar-refractivity contribution in [3.05, 3.63) is 12.2 Å². The van der Waals surface area contributed by atoms with E-state index in [2.05, 4.69) is 26.8 Å². The second kappa shape index (κ2) is 12.8. The number of ether oxygens (including phenoxy) is 2. The van der Waals surface area contributed by atoms with Crippen molar-refractivity contribution in [2.75, 3.05) is 18.9 Å². The van der Waals surface area contributed by atoms with Gasteiger partial charge in [-0.3, -0.25) is 4.57 Å². The van der Waals surface area contributed by atoms with Gasteiger partial charge in [0.05, 0.1) is 25.1 Å². The second-order valence-electron chi connectivity index (χ2n) is 9.65. The van der Waals surface area contributed by atoms with Gasteiger partial charge in [0.2, 0.25) is 5.82 Å². The number of hydrogen-bond donors (Lipinski definition) is 5. The van der Waals surface area contributed by atoms with Gasteiger partial charge in [0.25, 0.3) is 0 Å². The summed E-state index contributed by atoms with van der Waals surface area (Å²) >= 11 is 0. The number of aliphatic hydroxyl groups excluding tert-OH is 4. The number of hydrogen-bond acceptors (Lipinski definition) is 10.